The van der Waals surface area contributed by atoms with Crippen LogP contribution < -0.4 is 10.6 Å². The SMILES string of the molecule is CC(C)(CO)CNc1cnn(CC(=O)NC2CC2)c1. The Morgan fingerprint density at radius 2 is 2.32 bits per heavy atom. The monoisotopic (exact) mass is 266 g/mol. The normalized spacial score (nSPS) is 15.3. The first kappa shape index (κ1) is 13.9. The highest BCUT2D eigenvalue weighted by Gasteiger charge is 2.23. The number of amides is 1. The first-order valence-electron chi connectivity index (χ1n) is 6.65. The summed E-state index contributed by atoms with van der Waals surface area (Å²) in [6, 6.07) is 0.381. The lowest BCUT2D eigenvalue weighted by Gasteiger charge is -2.21. The van der Waals surface area contributed by atoms with Crippen molar-refractivity contribution in [3.63, 3.8) is 0 Å². The van der Waals surface area contributed by atoms with Crippen molar-refractivity contribution in [1.82, 2.24) is 15.1 Å². The molecule has 1 amide bonds. The van der Waals surface area contributed by atoms with Crippen LogP contribution in [-0.2, 0) is 11.3 Å². The summed E-state index contributed by atoms with van der Waals surface area (Å²) in [6.07, 6.45) is 5.68. The number of nitrogens with one attached hydrogen (secondary N) is 2. The Labute approximate surface area is 113 Å². The van der Waals surface area contributed by atoms with E-state index in [1.165, 1.54) is 0 Å². The van der Waals surface area contributed by atoms with Gasteiger partial charge in [0.1, 0.15) is 6.54 Å². The van der Waals surface area contributed by atoms with Crippen molar-refractivity contribution in [2.75, 3.05) is 18.5 Å². The summed E-state index contributed by atoms with van der Waals surface area (Å²) in [6.45, 7) is 4.99. The fourth-order valence-corrected chi connectivity index (χ4v) is 1.59. The average molecular weight is 266 g/mol. The van der Waals surface area contributed by atoms with Gasteiger partial charge in [0, 0.05) is 30.8 Å². The molecule has 0 unspecified atom stereocenters. The highest BCUT2D eigenvalue weighted by Crippen LogP contribution is 2.18. The number of carbonyl (C=O) groups excluding carboxylic acids is 1. The number of rotatable bonds is 7. The number of anilines is 1. The lowest BCUT2D eigenvalue weighted by Crippen LogP contribution is -2.29. The zero-order chi connectivity index (χ0) is 13.9. The molecule has 0 bridgehead atoms. The molecule has 0 aliphatic heterocycles. The van der Waals surface area contributed by atoms with Gasteiger partial charge in [0.05, 0.1) is 11.9 Å². The van der Waals surface area contributed by atoms with Crippen molar-refractivity contribution in [2.24, 2.45) is 5.41 Å². The second kappa shape index (κ2) is 5.61. The van der Waals surface area contributed by atoms with Crippen LogP contribution in [0.3, 0.4) is 0 Å². The summed E-state index contributed by atoms with van der Waals surface area (Å²) in [5.74, 6) is 0.00726. The van der Waals surface area contributed by atoms with Crippen molar-refractivity contribution < 1.29 is 9.90 Å². The number of nitrogens with zero attached hydrogens (tertiary/aromatic N) is 2. The number of aromatic nitrogens is 2. The fourth-order valence-electron chi connectivity index (χ4n) is 1.59. The predicted octanol–water partition coefficient (Wildman–Crippen LogP) is 0.592. The van der Waals surface area contributed by atoms with Gasteiger partial charge in [0.25, 0.3) is 0 Å². The Balaban J connectivity index is 1.79. The highest BCUT2D eigenvalue weighted by molar-refractivity contribution is 5.76. The van der Waals surface area contributed by atoms with Crippen LogP contribution >= 0.6 is 0 Å². The maximum absolute atomic E-state index is 11.6. The second-order valence-corrected chi connectivity index (χ2v) is 5.94. The quantitative estimate of drug-likeness (QED) is 0.675. The van der Waals surface area contributed by atoms with E-state index in [-0.39, 0.29) is 24.5 Å². The van der Waals surface area contributed by atoms with Gasteiger partial charge in [-0.15, -0.1) is 0 Å². The van der Waals surface area contributed by atoms with Crippen molar-refractivity contribution >= 4 is 11.6 Å². The van der Waals surface area contributed by atoms with Crippen molar-refractivity contribution in [3.05, 3.63) is 12.4 Å². The van der Waals surface area contributed by atoms with Crippen LogP contribution in [0.1, 0.15) is 26.7 Å². The lowest BCUT2D eigenvalue weighted by molar-refractivity contribution is -0.122. The minimum Gasteiger partial charge on any atom is -0.396 e. The third kappa shape index (κ3) is 4.55. The van der Waals surface area contributed by atoms with E-state index in [0.29, 0.717) is 12.6 Å². The zero-order valence-electron chi connectivity index (χ0n) is 11.5. The van der Waals surface area contributed by atoms with E-state index in [4.69, 9.17) is 0 Å². The van der Waals surface area contributed by atoms with Crippen molar-refractivity contribution in [1.29, 1.82) is 0 Å². The van der Waals surface area contributed by atoms with Crippen molar-refractivity contribution in [3.8, 4) is 0 Å². The molecular formula is C13H22N4O2. The molecule has 0 radical (unpaired) electrons. The smallest absolute Gasteiger partial charge is 0.241 e. The molecule has 106 valence electrons. The molecule has 1 fully saturated rings. The van der Waals surface area contributed by atoms with E-state index < -0.39 is 0 Å². The van der Waals surface area contributed by atoms with Gasteiger partial charge in [-0.1, -0.05) is 13.8 Å². The number of aliphatic hydroxyl groups is 1. The molecule has 1 aromatic rings. The standard InChI is InChI=1S/C13H22N4O2/c1-13(2,9-18)8-14-11-5-15-17(6-11)7-12(19)16-10-3-4-10/h5-6,10,14,18H,3-4,7-9H2,1-2H3,(H,16,19). The van der Waals surface area contributed by atoms with Gasteiger partial charge >= 0.3 is 0 Å². The largest absolute Gasteiger partial charge is 0.396 e. The highest BCUT2D eigenvalue weighted by atomic mass is 16.3. The van der Waals surface area contributed by atoms with E-state index in [1.807, 2.05) is 13.8 Å². The van der Waals surface area contributed by atoms with Gasteiger partial charge in [-0.05, 0) is 12.8 Å². The van der Waals surface area contributed by atoms with Crippen LogP contribution in [0.25, 0.3) is 0 Å². The van der Waals surface area contributed by atoms with E-state index in [1.54, 1.807) is 17.1 Å². The van der Waals surface area contributed by atoms with Crippen LogP contribution in [0.2, 0.25) is 0 Å². The molecular weight excluding hydrogens is 244 g/mol. The van der Waals surface area contributed by atoms with E-state index >= 15 is 0 Å². The molecule has 3 N–H and O–H groups in total. The summed E-state index contributed by atoms with van der Waals surface area (Å²) in [5.41, 5.74) is 0.687. The van der Waals surface area contributed by atoms with Gasteiger partial charge in [-0.3, -0.25) is 9.48 Å². The zero-order valence-corrected chi connectivity index (χ0v) is 11.5. The fraction of sp³-hybridized carbons (Fsp3) is 0.692. The van der Waals surface area contributed by atoms with Gasteiger partial charge in [-0.2, -0.15) is 5.10 Å². The summed E-state index contributed by atoms with van der Waals surface area (Å²) < 4.78 is 1.62. The topological polar surface area (TPSA) is 79.2 Å². The summed E-state index contributed by atoms with van der Waals surface area (Å²) in [7, 11) is 0. The minimum absolute atomic E-state index is 0.00726. The second-order valence-electron chi connectivity index (χ2n) is 5.94. The van der Waals surface area contributed by atoms with Gasteiger partial charge in [0.15, 0.2) is 0 Å². The van der Waals surface area contributed by atoms with E-state index in [9.17, 15) is 9.90 Å². The van der Waals surface area contributed by atoms with Gasteiger partial charge in [0.2, 0.25) is 5.91 Å². The number of carbonyl (C=O) groups is 1. The summed E-state index contributed by atoms with van der Waals surface area (Å²) in [4.78, 5) is 11.6. The van der Waals surface area contributed by atoms with Gasteiger partial charge < -0.3 is 15.7 Å². The molecule has 1 heterocycles. The molecule has 1 aliphatic carbocycles. The molecule has 1 aliphatic rings. The third-order valence-corrected chi connectivity index (χ3v) is 3.08. The van der Waals surface area contributed by atoms with E-state index in [2.05, 4.69) is 15.7 Å². The maximum Gasteiger partial charge on any atom is 0.241 e. The molecule has 1 saturated carbocycles. The van der Waals surface area contributed by atoms with Crippen LogP contribution in [0.4, 0.5) is 5.69 Å². The average Bonchev–Trinajstić information content (AvgIpc) is 3.05. The summed E-state index contributed by atoms with van der Waals surface area (Å²) >= 11 is 0. The lowest BCUT2D eigenvalue weighted by atomic mass is 9.95. The molecule has 0 saturated heterocycles. The van der Waals surface area contributed by atoms with Crippen LogP contribution in [0.5, 0.6) is 0 Å². The Kier molecular flexibility index (Phi) is 4.09. The molecule has 6 nitrogen and oxygen atoms in total. The van der Waals surface area contributed by atoms with Crippen molar-refractivity contribution in [2.45, 2.75) is 39.3 Å². The first-order valence-corrected chi connectivity index (χ1v) is 6.65. The third-order valence-electron chi connectivity index (χ3n) is 3.08. The Morgan fingerprint density at radius 1 is 1.58 bits per heavy atom. The van der Waals surface area contributed by atoms with Crippen LogP contribution in [-0.4, -0.2) is 40.0 Å². The van der Waals surface area contributed by atoms with Gasteiger partial charge in [-0.25, -0.2) is 0 Å². The minimum atomic E-state index is -0.175. The number of hydrogen-bond donors (Lipinski definition) is 3. The Morgan fingerprint density at radius 3 is 2.95 bits per heavy atom. The molecule has 2 rings (SSSR count). The van der Waals surface area contributed by atoms with Crippen LogP contribution in [0.15, 0.2) is 12.4 Å². The number of aliphatic hydroxyl groups excluding tert-OH is 1. The van der Waals surface area contributed by atoms with E-state index in [0.717, 1.165) is 18.5 Å². The molecule has 0 spiro atoms. The molecule has 1 aromatic heterocycles. The molecule has 0 atom stereocenters. The predicted molar refractivity (Wildman–Crippen MR) is 72.7 cm³/mol. The maximum atomic E-state index is 11.6. The molecule has 6 heteroatoms. The Bertz CT molecular complexity index is 438. The molecule has 0 aromatic carbocycles. The number of hydrogen-bond acceptors (Lipinski definition) is 4. The Hall–Kier alpha value is -1.56. The summed E-state index contributed by atoms with van der Waals surface area (Å²) in [5, 5.41) is 19.4. The van der Waals surface area contributed by atoms with Crippen LogP contribution in [0, 0.1) is 5.41 Å². The first-order chi connectivity index (χ1) is 8.98. The molecule has 19 heavy (non-hydrogen) atoms.